The van der Waals surface area contributed by atoms with Gasteiger partial charge >= 0.3 is 0 Å². The summed E-state index contributed by atoms with van der Waals surface area (Å²) in [5, 5.41) is 17.5. The molecule has 2 aliphatic rings. The van der Waals surface area contributed by atoms with Crippen LogP contribution in [0.1, 0.15) is 27.8 Å². The summed E-state index contributed by atoms with van der Waals surface area (Å²) in [6.45, 7) is 0. The van der Waals surface area contributed by atoms with Crippen LogP contribution in [0.5, 0.6) is 0 Å². The summed E-state index contributed by atoms with van der Waals surface area (Å²) in [6, 6.07) is 68.4. The highest BCUT2D eigenvalue weighted by Crippen LogP contribution is 2.67. The lowest BCUT2D eigenvalue weighted by Gasteiger charge is -2.33. The van der Waals surface area contributed by atoms with Gasteiger partial charge in [0, 0.05) is 16.8 Å². The topological polar surface area (TPSA) is 27.0 Å². The van der Waals surface area contributed by atoms with Crippen molar-refractivity contribution in [1.82, 2.24) is 0 Å². The molecule has 2 heteroatoms. The first-order chi connectivity index (χ1) is 25.8. The van der Waals surface area contributed by atoms with Gasteiger partial charge in [-0.25, -0.2) is 0 Å². The molecule has 0 radical (unpaired) electrons. The molecule has 0 unspecified atom stereocenters. The van der Waals surface area contributed by atoms with Crippen LogP contribution in [0.2, 0.25) is 0 Å². The molecule has 0 saturated heterocycles. The fourth-order valence-electron chi connectivity index (χ4n) is 9.54. The first kappa shape index (κ1) is 28.8. The second-order valence-corrected chi connectivity index (χ2v) is 13.9. The van der Waals surface area contributed by atoms with Crippen molar-refractivity contribution in [3.63, 3.8) is 0 Å². The predicted molar refractivity (Wildman–Crippen MR) is 215 cm³/mol. The van der Waals surface area contributed by atoms with E-state index < -0.39 is 5.41 Å². The number of nitriles is 1. The number of hydrogen-bond acceptors (Lipinski definition) is 2. The van der Waals surface area contributed by atoms with E-state index in [1.54, 1.807) is 0 Å². The molecule has 0 amide bonds. The van der Waals surface area contributed by atoms with Crippen LogP contribution in [-0.2, 0) is 5.41 Å². The molecule has 9 aromatic carbocycles. The maximum absolute atomic E-state index is 10.0. The number of para-hydroxylation sites is 1. The van der Waals surface area contributed by atoms with Crippen LogP contribution in [0.15, 0.2) is 182 Å². The molecule has 0 aliphatic heterocycles. The Hall–Kier alpha value is -6.95. The van der Waals surface area contributed by atoms with Crippen LogP contribution in [0.3, 0.4) is 0 Å². The first-order valence-corrected chi connectivity index (χ1v) is 17.8. The summed E-state index contributed by atoms with van der Waals surface area (Å²) in [7, 11) is 0. The lowest BCUT2D eigenvalue weighted by molar-refractivity contribution is 0.802. The van der Waals surface area contributed by atoms with Crippen molar-refractivity contribution in [2.24, 2.45) is 0 Å². The second kappa shape index (κ2) is 10.8. The highest BCUT2D eigenvalue weighted by Gasteiger charge is 2.53. The number of hydrogen-bond donors (Lipinski definition) is 0. The highest BCUT2D eigenvalue weighted by atomic mass is 15.1. The van der Waals surface area contributed by atoms with Crippen molar-refractivity contribution >= 4 is 49.4 Å². The molecule has 1 spiro atoms. The lowest BCUT2D eigenvalue weighted by atomic mass is 9.69. The van der Waals surface area contributed by atoms with E-state index in [9.17, 15) is 5.26 Å². The monoisotopic (exact) mass is 658 g/mol. The number of nitrogens with zero attached hydrogens (tertiary/aromatic N) is 2. The molecule has 0 aromatic heterocycles. The Bertz CT molecular complexity index is 2940. The van der Waals surface area contributed by atoms with Crippen molar-refractivity contribution in [3.05, 3.63) is 210 Å². The predicted octanol–water partition coefficient (Wildman–Crippen LogP) is 12.8. The zero-order valence-corrected chi connectivity index (χ0v) is 28.2. The fourth-order valence-corrected chi connectivity index (χ4v) is 9.54. The van der Waals surface area contributed by atoms with E-state index in [0.29, 0.717) is 5.56 Å². The third-order valence-corrected chi connectivity index (χ3v) is 11.4. The Morgan fingerprint density at radius 1 is 0.404 bits per heavy atom. The Morgan fingerprint density at radius 2 is 0.923 bits per heavy atom. The third-order valence-electron chi connectivity index (χ3n) is 11.4. The van der Waals surface area contributed by atoms with E-state index in [0.717, 1.165) is 22.4 Å². The molecule has 0 bridgehead atoms. The van der Waals surface area contributed by atoms with Crippen molar-refractivity contribution < 1.29 is 0 Å². The van der Waals surface area contributed by atoms with Gasteiger partial charge < -0.3 is 4.90 Å². The first-order valence-electron chi connectivity index (χ1n) is 17.8. The third kappa shape index (κ3) is 3.67. The van der Waals surface area contributed by atoms with E-state index in [4.69, 9.17) is 0 Å². The van der Waals surface area contributed by atoms with Gasteiger partial charge in [0.15, 0.2) is 0 Å². The average molecular weight is 659 g/mol. The molecule has 9 aromatic rings. The van der Waals surface area contributed by atoms with Crippen LogP contribution in [0, 0.1) is 11.3 Å². The molecule has 11 rings (SSSR count). The van der Waals surface area contributed by atoms with Gasteiger partial charge in [0.2, 0.25) is 0 Å². The van der Waals surface area contributed by atoms with Crippen molar-refractivity contribution in [2.45, 2.75) is 5.41 Å². The molecule has 52 heavy (non-hydrogen) atoms. The number of anilines is 3. The van der Waals surface area contributed by atoms with E-state index in [2.05, 4.69) is 175 Å². The van der Waals surface area contributed by atoms with Crippen LogP contribution >= 0.6 is 0 Å². The Morgan fingerprint density at radius 3 is 1.60 bits per heavy atom. The summed E-state index contributed by atoms with van der Waals surface area (Å²) in [5.74, 6) is 0. The minimum absolute atomic E-state index is 0.572. The summed E-state index contributed by atoms with van der Waals surface area (Å²) in [6.07, 6.45) is 0. The van der Waals surface area contributed by atoms with Gasteiger partial charge in [-0.15, -0.1) is 0 Å². The van der Waals surface area contributed by atoms with Crippen molar-refractivity contribution in [3.8, 4) is 28.3 Å². The molecular weight excluding hydrogens is 629 g/mol. The van der Waals surface area contributed by atoms with Crippen LogP contribution in [0.4, 0.5) is 17.1 Å². The largest absolute Gasteiger partial charge is 0.310 e. The van der Waals surface area contributed by atoms with Gasteiger partial charge in [0.25, 0.3) is 0 Å². The molecule has 2 aliphatic carbocycles. The van der Waals surface area contributed by atoms with Gasteiger partial charge in [0.05, 0.1) is 22.7 Å². The van der Waals surface area contributed by atoms with Crippen LogP contribution in [-0.4, -0.2) is 0 Å². The van der Waals surface area contributed by atoms with Crippen molar-refractivity contribution in [2.75, 3.05) is 4.90 Å². The Labute approximate surface area is 302 Å². The molecule has 0 heterocycles. The molecule has 0 fully saturated rings. The van der Waals surface area contributed by atoms with E-state index in [1.165, 1.54) is 71.4 Å². The van der Waals surface area contributed by atoms with E-state index in [1.807, 2.05) is 18.2 Å². The second-order valence-electron chi connectivity index (χ2n) is 13.9. The van der Waals surface area contributed by atoms with Crippen molar-refractivity contribution in [1.29, 1.82) is 5.26 Å². The van der Waals surface area contributed by atoms with E-state index in [-0.39, 0.29) is 0 Å². The summed E-state index contributed by atoms with van der Waals surface area (Å²) >= 11 is 0. The lowest BCUT2D eigenvalue weighted by Crippen LogP contribution is -2.26. The molecule has 0 saturated carbocycles. The summed E-state index contributed by atoms with van der Waals surface area (Å²) in [4.78, 5) is 2.34. The Kier molecular flexibility index (Phi) is 5.98. The summed E-state index contributed by atoms with van der Waals surface area (Å²) in [5.41, 5.74) is 13.6. The normalized spacial score (nSPS) is 13.1. The minimum Gasteiger partial charge on any atom is -0.310 e. The number of benzene rings is 9. The van der Waals surface area contributed by atoms with Crippen LogP contribution < -0.4 is 4.90 Å². The SMILES string of the molecule is N#Cc1cccc(N(c2ccccc2)c2cc3c(c4ccccc24)-c2c(c4ccccc4c4ccccc24)C32c3ccccc3-c3ccccc32)c1. The van der Waals surface area contributed by atoms with E-state index >= 15 is 0 Å². The molecular formula is C50H30N2. The fraction of sp³-hybridized carbons (Fsp3) is 0.0200. The zero-order chi connectivity index (χ0) is 34.4. The standard InChI is InChI=1S/C50H30N2/c51-31-32-15-14-18-34(29-32)52(33-16-2-1-3-17-33)46-30-45-47(41-25-8-6-23-39(41)46)48-40-24-7-4-19-35(40)36-20-5-9-26-42(36)49(48)50(45)43-27-12-10-21-37(43)38-22-11-13-28-44(38)50/h1-30H. The Balaban J connectivity index is 1.39. The van der Waals surface area contributed by atoms with Gasteiger partial charge in [-0.3, -0.25) is 0 Å². The van der Waals surface area contributed by atoms with Gasteiger partial charge in [-0.2, -0.15) is 5.26 Å². The summed E-state index contributed by atoms with van der Waals surface area (Å²) < 4.78 is 0. The van der Waals surface area contributed by atoms with Crippen LogP contribution in [0.25, 0.3) is 54.6 Å². The maximum atomic E-state index is 10.0. The minimum atomic E-state index is -0.572. The molecule has 2 nitrogen and oxygen atoms in total. The molecule has 240 valence electrons. The zero-order valence-electron chi connectivity index (χ0n) is 28.2. The number of rotatable bonds is 3. The van der Waals surface area contributed by atoms with Gasteiger partial charge in [-0.05, 0) is 108 Å². The maximum Gasteiger partial charge on any atom is 0.0992 e. The quantitative estimate of drug-likeness (QED) is 0.177. The highest BCUT2D eigenvalue weighted by molar-refractivity contribution is 6.24. The van der Waals surface area contributed by atoms with Gasteiger partial charge in [-0.1, -0.05) is 146 Å². The molecule has 0 atom stereocenters. The molecule has 0 N–H and O–H groups in total. The van der Waals surface area contributed by atoms with Gasteiger partial charge in [0.1, 0.15) is 0 Å². The number of fused-ring (bicyclic) bond motifs is 17. The average Bonchev–Trinajstić information content (AvgIpc) is 3.69. The smallest absolute Gasteiger partial charge is 0.0992 e.